The minimum atomic E-state index is -1.07. The van der Waals surface area contributed by atoms with Gasteiger partial charge in [-0.05, 0) is 19.8 Å². The minimum absolute atomic E-state index is 0.0757. The summed E-state index contributed by atoms with van der Waals surface area (Å²) in [6.07, 6.45) is 0.871. The van der Waals surface area contributed by atoms with E-state index in [1.165, 1.54) is 4.90 Å². The lowest BCUT2D eigenvalue weighted by Crippen LogP contribution is -2.53. The summed E-state index contributed by atoms with van der Waals surface area (Å²) in [5, 5.41) is 21.4. The van der Waals surface area contributed by atoms with Crippen molar-refractivity contribution in [3.63, 3.8) is 0 Å². The first-order valence-electron chi connectivity index (χ1n) is 6.32. The molecule has 1 rings (SSSR count). The van der Waals surface area contributed by atoms with Gasteiger partial charge in [0.05, 0.1) is 6.10 Å². The summed E-state index contributed by atoms with van der Waals surface area (Å²) in [5.41, 5.74) is -0.340. The summed E-state index contributed by atoms with van der Waals surface area (Å²) in [7, 11) is 0. The fraction of sp³-hybridized carbons (Fsp3) is 0.833. The number of nitrogens with zero attached hydrogens (tertiary/aromatic N) is 1. The van der Waals surface area contributed by atoms with Crippen LogP contribution in [0.3, 0.4) is 0 Å². The van der Waals surface area contributed by atoms with Crippen LogP contribution in [-0.2, 0) is 4.79 Å². The molecular weight excluding hydrogens is 236 g/mol. The van der Waals surface area contributed by atoms with Crippen LogP contribution < -0.4 is 5.32 Å². The van der Waals surface area contributed by atoms with Crippen LogP contribution in [0.15, 0.2) is 0 Å². The van der Waals surface area contributed by atoms with E-state index in [2.05, 4.69) is 5.32 Å². The monoisotopic (exact) mass is 258 g/mol. The Labute approximate surface area is 107 Å². The molecule has 6 heteroatoms. The summed E-state index contributed by atoms with van der Waals surface area (Å²) in [4.78, 5) is 24.3. The van der Waals surface area contributed by atoms with Crippen molar-refractivity contribution in [3.8, 4) is 0 Å². The Kier molecular flexibility index (Phi) is 4.56. The number of urea groups is 1. The predicted octanol–water partition coefficient (Wildman–Crippen LogP) is 0.794. The fourth-order valence-corrected chi connectivity index (χ4v) is 2.03. The number of amides is 2. The first-order valence-corrected chi connectivity index (χ1v) is 6.32. The zero-order chi connectivity index (χ0) is 13.9. The van der Waals surface area contributed by atoms with Crippen LogP contribution >= 0.6 is 0 Å². The molecule has 1 aliphatic heterocycles. The third-order valence-corrected chi connectivity index (χ3v) is 3.79. The van der Waals surface area contributed by atoms with Gasteiger partial charge in [-0.1, -0.05) is 13.8 Å². The topological polar surface area (TPSA) is 89.9 Å². The van der Waals surface area contributed by atoms with Gasteiger partial charge in [-0.15, -0.1) is 0 Å². The van der Waals surface area contributed by atoms with E-state index in [1.807, 2.05) is 20.8 Å². The smallest absolute Gasteiger partial charge is 0.326 e. The van der Waals surface area contributed by atoms with Crippen molar-refractivity contribution in [1.29, 1.82) is 0 Å². The van der Waals surface area contributed by atoms with Gasteiger partial charge in [0.15, 0.2) is 0 Å². The van der Waals surface area contributed by atoms with E-state index in [0.717, 1.165) is 12.8 Å². The van der Waals surface area contributed by atoms with Crippen molar-refractivity contribution >= 4 is 12.0 Å². The van der Waals surface area contributed by atoms with Crippen molar-refractivity contribution in [3.05, 3.63) is 0 Å². The number of hydrogen-bond acceptors (Lipinski definition) is 3. The van der Waals surface area contributed by atoms with Crippen LogP contribution in [0.25, 0.3) is 0 Å². The molecule has 6 nitrogen and oxygen atoms in total. The molecule has 0 saturated carbocycles. The number of nitrogens with one attached hydrogen (secondary N) is 1. The Morgan fingerprint density at radius 1 is 1.39 bits per heavy atom. The van der Waals surface area contributed by atoms with Crippen LogP contribution in [0, 0.1) is 0 Å². The average Bonchev–Trinajstić information content (AvgIpc) is 2.71. The first-order chi connectivity index (χ1) is 8.33. The Morgan fingerprint density at radius 2 is 1.94 bits per heavy atom. The summed E-state index contributed by atoms with van der Waals surface area (Å²) in [5.74, 6) is -1.07. The van der Waals surface area contributed by atoms with Crippen LogP contribution in [0.5, 0.6) is 0 Å². The normalized spacial score (nSPS) is 24.1. The van der Waals surface area contributed by atoms with Crippen LogP contribution in [0.2, 0.25) is 0 Å². The highest BCUT2D eigenvalue weighted by molar-refractivity contribution is 5.83. The van der Waals surface area contributed by atoms with Gasteiger partial charge in [0, 0.05) is 18.5 Å². The SMILES string of the molecule is CCC(C)(CC)NC(=O)N1C[C@H](O)C[C@@H]1C(=O)O. The van der Waals surface area contributed by atoms with Gasteiger partial charge >= 0.3 is 12.0 Å². The van der Waals surface area contributed by atoms with Crippen molar-refractivity contribution < 1.29 is 19.8 Å². The molecule has 2 atom stereocenters. The number of rotatable bonds is 4. The molecule has 1 heterocycles. The van der Waals surface area contributed by atoms with Crippen molar-refractivity contribution in [1.82, 2.24) is 10.2 Å². The van der Waals surface area contributed by atoms with Crippen molar-refractivity contribution in [2.75, 3.05) is 6.54 Å². The zero-order valence-electron chi connectivity index (χ0n) is 11.1. The molecular formula is C12H22N2O4. The lowest BCUT2D eigenvalue weighted by atomic mass is 9.96. The van der Waals surface area contributed by atoms with Gasteiger partial charge in [-0.2, -0.15) is 0 Å². The summed E-state index contributed by atoms with van der Waals surface area (Å²) >= 11 is 0. The second-order valence-corrected chi connectivity index (χ2v) is 5.09. The second-order valence-electron chi connectivity index (χ2n) is 5.09. The average molecular weight is 258 g/mol. The molecule has 0 aliphatic carbocycles. The number of carbonyl (C=O) groups is 2. The number of carboxylic acids is 1. The quantitative estimate of drug-likeness (QED) is 0.695. The summed E-state index contributed by atoms with van der Waals surface area (Å²) in [6.45, 7) is 5.94. The zero-order valence-corrected chi connectivity index (χ0v) is 11.1. The molecule has 1 saturated heterocycles. The van der Waals surface area contributed by atoms with Gasteiger partial charge in [0.2, 0.25) is 0 Å². The third-order valence-electron chi connectivity index (χ3n) is 3.79. The lowest BCUT2D eigenvalue weighted by molar-refractivity contribution is -0.141. The first kappa shape index (κ1) is 14.8. The Bertz CT molecular complexity index is 328. The summed E-state index contributed by atoms with van der Waals surface area (Å²) in [6, 6.07) is -1.34. The van der Waals surface area contributed by atoms with Crippen molar-refractivity contribution in [2.45, 2.75) is 57.7 Å². The molecule has 0 spiro atoms. The Morgan fingerprint density at radius 3 is 2.39 bits per heavy atom. The van der Waals surface area contributed by atoms with E-state index >= 15 is 0 Å². The van der Waals surface area contributed by atoms with E-state index in [4.69, 9.17) is 5.11 Å². The number of hydrogen-bond donors (Lipinski definition) is 3. The Balaban J connectivity index is 2.74. The predicted molar refractivity (Wildman–Crippen MR) is 66.3 cm³/mol. The molecule has 3 N–H and O–H groups in total. The standard InChI is InChI=1S/C12H22N2O4/c1-4-12(3,5-2)13-11(18)14-7-8(15)6-9(14)10(16)17/h8-9,15H,4-7H2,1-3H3,(H,13,18)(H,16,17)/t8-,9-/m1/s1. The van der Waals surface area contributed by atoms with Gasteiger partial charge in [-0.25, -0.2) is 9.59 Å². The summed E-state index contributed by atoms with van der Waals surface area (Å²) < 4.78 is 0. The van der Waals surface area contributed by atoms with E-state index < -0.39 is 24.1 Å². The van der Waals surface area contributed by atoms with Gasteiger partial charge in [-0.3, -0.25) is 0 Å². The molecule has 0 unspecified atom stereocenters. The minimum Gasteiger partial charge on any atom is -0.480 e. The molecule has 0 bridgehead atoms. The Hall–Kier alpha value is -1.30. The van der Waals surface area contributed by atoms with E-state index in [-0.39, 0.29) is 18.5 Å². The molecule has 1 fully saturated rings. The highest BCUT2D eigenvalue weighted by Gasteiger charge is 2.40. The molecule has 18 heavy (non-hydrogen) atoms. The van der Waals surface area contributed by atoms with E-state index in [9.17, 15) is 14.7 Å². The van der Waals surface area contributed by atoms with Gasteiger partial charge in [0.1, 0.15) is 6.04 Å². The van der Waals surface area contributed by atoms with Crippen LogP contribution in [-0.4, -0.2) is 51.3 Å². The van der Waals surface area contributed by atoms with E-state index in [0.29, 0.717) is 0 Å². The number of likely N-dealkylation sites (tertiary alicyclic amines) is 1. The maximum absolute atomic E-state index is 12.1. The third kappa shape index (κ3) is 3.13. The fourth-order valence-electron chi connectivity index (χ4n) is 2.03. The number of aliphatic hydroxyl groups excluding tert-OH is 1. The van der Waals surface area contributed by atoms with E-state index in [1.54, 1.807) is 0 Å². The van der Waals surface area contributed by atoms with Crippen LogP contribution in [0.1, 0.15) is 40.0 Å². The second kappa shape index (κ2) is 5.56. The molecule has 0 radical (unpaired) electrons. The van der Waals surface area contributed by atoms with Gasteiger partial charge in [0.25, 0.3) is 0 Å². The maximum atomic E-state index is 12.1. The highest BCUT2D eigenvalue weighted by atomic mass is 16.4. The number of carbonyl (C=O) groups excluding carboxylic acids is 1. The number of aliphatic hydroxyl groups is 1. The molecule has 0 aromatic heterocycles. The largest absolute Gasteiger partial charge is 0.480 e. The molecule has 1 aliphatic rings. The number of aliphatic carboxylic acids is 1. The lowest BCUT2D eigenvalue weighted by Gasteiger charge is -2.32. The highest BCUT2D eigenvalue weighted by Crippen LogP contribution is 2.20. The maximum Gasteiger partial charge on any atom is 0.326 e. The molecule has 0 aromatic carbocycles. The molecule has 104 valence electrons. The number of carboxylic acid groups (broad SMARTS) is 1. The van der Waals surface area contributed by atoms with Crippen molar-refractivity contribution in [2.24, 2.45) is 0 Å². The molecule has 2 amide bonds. The number of β-amino-alcohol motifs (C(OH)–C–C–N with tert-alkyl or cyclic N) is 1. The molecule has 0 aromatic rings. The van der Waals surface area contributed by atoms with Gasteiger partial charge < -0.3 is 20.4 Å². The van der Waals surface area contributed by atoms with Crippen LogP contribution in [0.4, 0.5) is 4.79 Å².